The fourth-order valence-electron chi connectivity index (χ4n) is 1.29. The summed E-state index contributed by atoms with van der Waals surface area (Å²) in [7, 11) is 0. The van der Waals surface area contributed by atoms with E-state index in [0.29, 0.717) is 5.75 Å². The van der Waals surface area contributed by atoms with Crippen LogP contribution in [0.25, 0.3) is 0 Å². The average molecular weight is 273 g/mol. The predicted molar refractivity (Wildman–Crippen MR) is 66.5 cm³/mol. The third kappa shape index (κ3) is 5.21. The lowest BCUT2D eigenvalue weighted by Gasteiger charge is -2.14. The van der Waals surface area contributed by atoms with Crippen molar-refractivity contribution in [3.63, 3.8) is 0 Å². The minimum atomic E-state index is -3.31. The van der Waals surface area contributed by atoms with Crippen molar-refractivity contribution in [2.45, 2.75) is 19.8 Å². The van der Waals surface area contributed by atoms with Crippen molar-refractivity contribution in [3.8, 4) is 5.75 Å². The zero-order valence-corrected chi connectivity index (χ0v) is 10.9. The Morgan fingerprint density at radius 1 is 1.37 bits per heavy atom. The van der Waals surface area contributed by atoms with Gasteiger partial charge in [0.25, 0.3) is 11.8 Å². The van der Waals surface area contributed by atoms with E-state index in [9.17, 15) is 13.6 Å². The van der Waals surface area contributed by atoms with Crippen LogP contribution in [-0.2, 0) is 4.79 Å². The Kier molecular flexibility index (Phi) is 5.23. The van der Waals surface area contributed by atoms with Crippen LogP contribution in [0.4, 0.5) is 8.78 Å². The predicted octanol–water partition coefficient (Wildman–Crippen LogP) is 1.43. The van der Waals surface area contributed by atoms with Crippen LogP contribution in [0.5, 0.6) is 5.75 Å². The standard InChI is InChI=1S/C13H17F2NO3/c1-9-3-4-11(5-10(9)2)19-6-12(18)16-7-13(14,15)8-17/h3-5,17H,6-8H2,1-2H3,(H,16,18). The molecular weight excluding hydrogens is 256 g/mol. The number of aryl methyl sites for hydroxylation is 2. The molecule has 0 radical (unpaired) electrons. The number of aliphatic hydroxyl groups excluding tert-OH is 1. The molecule has 1 aromatic carbocycles. The maximum absolute atomic E-state index is 12.7. The molecule has 0 saturated carbocycles. The highest BCUT2D eigenvalue weighted by atomic mass is 19.3. The Hall–Kier alpha value is -1.69. The number of halogens is 2. The Morgan fingerprint density at radius 3 is 2.63 bits per heavy atom. The second-order valence-corrected chi connectivity index (χ2v) is 4.33. The Labute approximate surface area is 110 Å². The van der Waals surface area contributed by atoms with Gasteiger partial charge in [-0.25, -0.2) is 8.78 Å². The number of carbonyl (C=O) groups is 1. The molecule has 0 aromatic heterocycles. The monoisotopic (exact) mass is 273 g/mol. The van der Waals surface area contributed by atoms with E-state index in [0.717, 1.165) is 11.1 Å². The van der Waals surface area contributed by atoms with E-state index in [1.165, 1.54) is 0 Å². The average Bonchev–Trinajstić information content (AvgIpc) is 2.38. The first-order valence-corrected chi connectivity index (χ1v) is 5.79. The normalized spacial score (nSPS) is 11.2. The van der Waals surface area contributed by atoms with Crippen molar-refractivity contribution in [2.24, 2.45) is 0 Å². The number of hydrogen-bond donors (Lipinski definition) is 2. The van der Waals surface area contributed by atoms with E-state index in [1.807, 2.05) is 25.2 Å². The van der Waals surface area contributed by atoms with Gasteiger partial charge in [-0.2, -0.15) is 0 Å². The van der Waals surface area contributed by atoms with Gasteiger partial charge in [-0.15, -0.1) is 0 Å². The van der Waals surface area contributed by atoms with Gasteiger partial charge in [-0.05, 0) is 37.1 Å². The highest BCUT2D eigenvalue weighted by molar-refractivity contribution is 5.77. The number of carbonyl (C=O) groups excluding carboxylic acids is 1. The lowest BCUT2D eigenvalue weighted by molar-refractivity contribution is -0.126. The SMILES string of the molecule is Cc1ccc(OCC(=O)NCC(F)(F)CO)cc1C. The Morgan fingerprint density at radius 2 is 2.05 bits per heavy atom. The summed E-state index contributed by atoms with van der Waals surface area (Å²) in [5.74, 6) is -3.46. The molecule has 0 bridgehead atoms. The topological polar surface area (TPSA) is 58.6 Å². The second kappa shape index (κ2) is 6.47. The number of hydrogen-bond acceptors (Lipinski definition) is 3. The number of alkyl halides is 2. The van der Waals surface area contributed by atoms with Crippen LogP contribution >= 0.6 is 0 Å². The van der Waals surface area contributed by atoms with Gasteiger partial charge in [0.1, 0.15) is 12.4 Å². The van der Waals surface area contributed by atoms with Crippen LogP contribution in [-0.4, -0.2) is 36.7 Å². The molecular formula is C13H17F2NO3. The molecule has 0 fully saturated rings. The first-order chi connectivity index (χ1) is 8.84. The molecule has 1 amide bonds. The van der Waals surface area contributed by atoms with Crippen LogP contribution in [0.15, 0.2) is 18.2 Å². The molecule has 0 unspecified atom stereocenters. The van der Waals surface area contributed by atoms with Crippen molar-refractivity contribution >= 4 is 5.91 Å². The second-order valence-electron chi connectivity index (χ2n) is 4.33. The van der Waals surface area contributed by atoms with E-state index >= 15 is 0 Å². The summed E-state index contributed by atoms with van der Waals surface area (Å²) in [5, 5.41) is 10.3. The van der Waals surface area contributed by atoms with Gasteiger partial charge in [-0.3, -0.25) is 4.79 Å². The number of ether oxygens (including phenoxy) is 1. The van der Waals surface area contributed by atoms with Crippen molar-refractivity contribution in [2.75, 3.05) is 19.8 Å². The molecule has 1 aromatic rings. The summed E-state index contributed by atoms with van der Waals surface area (Å²) >= 11 is 0. The number of benzene rings is 1. The van der Waals surface area contributed by atoms with E-state index in [4.69, 9.17) is 9.84 Å². The third-order valence-electron chi connectivity index (χ3n) is 2.62. The largest absolute Gasteiger partial charge is 0.484 e. The molecule has 2 N–H and O–H groups in total. The van der Waals surface area contributed by atoms with Gasteiger partial charge in [0, 0.05) is 0 Å². The highest BCUT2D eigenvalue weighted by Gasteiger charge is 2.28. The van der Waals surface area contributed by atoms with Crippen LogP contribution < -0.4 is 10.1 Å². The summed E-state index contributed by atoms with van der Waals surface area (Å²) in [4.78, 5) is 11.3. The van der Waals surface area contributed by atoms with Gasteiger partial charge in [0.2, 0.25) is 0 Å². The van der Waals surface area contributed by atoms with Crippen molar-refractivity contribution in [1.29, 1.82) is 0 Å². The van der Waals surface area contributed by atoms with Crippen LogP contribution in [0.3, 0.4) is 0 Å². The lowest BCUT2D eigenvalue weighted by atomic mass is 10.1. The van der Waals surface area contributed by atoms with Crippen molar-refractivity contribution in [1.82, 2.24) is 5.32 Å². The molecule has 0 heterocycles. The van der Waals surface area contributed by atoms with Gasteiger partial charge < -0.3 is 15.2 Å². The minimum absolute atomic E-state index is 0.343. The molecule has 0 atom stereocenters. The smallest absolute Gasteiger partial charge is 0.287 e. The van der Waals surface area contributed by atoms with Crippen LogP contribution in [0, 0.1) is 13.8 Å². The summed E-state index contributed by atoms with van der Waals surface area (Å²) in [6.45, 7) is 1.31. The Balaban J connectivity index is 2.40. The maximum atomic E-state index is 12.7. The molecule has 6 heteroatoms. The van der Waals surface area contributed by atoms with E-state index in [-0.39, 0.29) is 6.61 Å². The summed E-state index contributed by atoms with van der Waals surface area (Å²) in [6, 6.07) is 5.32. The summed E-state index contributed by atoms with van der Waals surface area (Å²) in [5.41, 5.74) is 2.11. The molecule has 0 spiro atoms. The van der Waals surface area contributed by atoms with Crippen molar-refractivity contribution < 1.29 is 23.4 Å². The van der Waals surface area contributed by atoms with Gasteiger partial charge in [0.15, 0.2) is 6.61 Å². The van der Waals surface area contributed by atoms with E-state index < -0.39 is 25.0 Å². The van der Waals surface area contributed by atoms with E-state index in [1.54, 1.807) is 12.1 Å². The molecule has 0 aliphatic rings. The third-order valence-corrected chi connectivity index (χ3v) is 2.62. The molecule has 4 nitrogen and oxygen atoms in total. The molecule has 1 rings (SSSR count). The number of rotatable bonds is 6. The number of amides is 1. The van der Waals surface area contributed by atoms with E-state index in [2.05, 4.69) is 0 Å². The molecule has 106 valence electrons. The zero-order chi connectivity index (χ0) is 14.5. The highest BCUT2D eigenvalue weighted by Crippen LogP contribution is 2.16. The first-order valence-electron chi connectivity index (χ1n) is 5.79. The Bertz CT molecular complexity index is 450. The van der Waals surface area contributed by atoms with Crippen molar-refractivity contribution in [3.05, 3.63) is 29.3 Å². The summed E-state index contributed by atoms with van der Waals surface area (Å²) < 4.78 is 30.5. The van der Waals surface area contributed by atoms with Crippen LogP contribution in [0.2, 0.25) is 0 Å². The van der Waals surface area contributed by atoms with Crippen LogP contribution in [0.1, 0.15) is 11.1 Å². The van der Waals surface area contributed by atoms with Gasteiger partial charge >= 0.3 is 0 Å². The first kappa shape index (κ1) is 15.4. The summed E-state index contributed by atoms with van der Waals surface area (Å²) in [6.07, 6.45) is 0. The van der Waals surface area contributed by atoms with Gasteiger partial charge in [-0.1, -0.05) is 6.07 Å². The number of nitrogens with one attached hydrogen (secondary N) is 1. The fraction of sp³-hybridized carbons (Fsp3) is 0.462. The molecule has 0 aliphatic heterocycles. The lowest BCUT2D eigenvalue weighted by Crippen LogP contribution is -2.40. The maximum Gasteiger partial charge on any atom is 0.287 e. The molecule has 0 aliphatic carbocycles. The zero-order valence-electron chi connectivity index (χ0n) is 10.9. The molecule has 0 saturated heterocycles. The fourth-order valence-corrected chi connectivity index (χ4v) is 1.29. The minimum Gasteiger partial charge on any atom is -0.484 e. The number of aliphatic hydroxyl groups is 1. The molecule has 19 heavy (non-hydrogen) atoms. The van der Waals surface area contributed by atoms with Gasteiger partial charge in [0.05, 0.1) is 6.54 Å². The quantitative estimate of drug-likeness (QED) is 0.824.